The zero-order chi connectivity index (χ0) is 17.0. The van der Waals surface area contributed by atoms with Crippen LogP contribution in [0.25, 0.3) is 32.3 Å². The third-order valence-corrected chi connectivity index (χ3v) is 6.30. The minimum atomic E-state index is -0.196. The van der Waals surface area contributed by atoms with Gasteiger partial charge in [0.05, 0.1) is 6.10 Å². The second kappa shape index (κ2) is 5.71. The largest absolute Gasteiger partial charge is 0.392 e. The molecule has 2 unspecified atom stereocenters. The molecule has 126 valence electrons. The normalized spacial score (nSPS) is 21.5. The van der Waals surface area contributed by atoms with E-state index < -0.39 is 0 Å². The maximum absolute atomic E-state index is 10.6. The molecule has 1 aliphatic rings. The summed E-state index contributed by atoms with van der Waals surface area (Å²) in [6.07, 6.45) is 5.28. The van der Waals surface area contributed by atoms with E-state index in [0.29, 0.717) is 0 Å². The molecule has 1 aliphatic carbocycles. The van der Waals surface area contributed by atoms with Crippen molar-refractivity contribution in [3.8, 4) is 0 Å². The molecule has 0 aliphatic heterocycles. The minimum absolute atomic E-state index is 0.196. The molecule has 1 heteroatoms. The summed E-state index contributed by atoms with van der Waals surface area (Å²) in [4.78, 5) is 0. The first-order chi connectivity index (χ1) is 12.3. The highest BCUT2D eigenvalue weighted by Gasteiger charge is 2.26. The summed E-state index contributed by atoms with van der Waals surface area (Å²) >= 11 is 0. The predicted molar refractivity (Wildman–Crippen MR) is 107 cm³/mol. The Labute approximate surface area is 148 Å². The molecule has 1 fully saturated rings. The molecule has 1 saturated carbocycles. The number of hydrogen-bond donors (Lipinski definition) is 1. The fourth-order valence-corrected chi connectivity index (χ4v) is 4.99. The highest BCUT2D eigenvalue weighted by Crippen LogP contribution is 2.42. The molecule has 1 N–H and O–H groups in total. The molecular weight excluding hydrogens is 304 g/mol. The van der Waals surface area contributed by atoms with E-state index in [1.54, 1.807) is 0 Å². The third kappa shape index (κ3) is 2.19. The van der Waals surface area contributed by atoms with Crippen LogP contribution in [0.4, 0.5) is 0 Å². The molecule has 0 amide bonds. The van der Waals surface area contributed by atoms with Crippen molar-refractivity contribution in [1.29, 1.82) is 0 Å². The van der Waals surface area contributed by atoms with Crippen LogP contribution < -0.4 is 0 Å². The van der Waals surface area contributed by atoms with E-state index in [1.165, 1.54) is 49.9 Å². The molecule has 0 bridgehead atoms. The van der Waals surface area contributed by atoms with Gasteiger partial charge in [0.15, 0.2) is 0 Å². The van der Waals surface area contributed by atoms with Crippen molar-refractivity contribution < 1.29 is 5.11 Å². The number of aliphatic hydroxyl groups is 1. The van der Waals surface area contributed by atoms with Crippen molar-refractivity contribution in [2.24, 2.45) is 0 Å². The van der Waals surface area contributed by atoms with Gasteiger partial charge in [-0.2, -0.15) is 0 Å². The van der Waals surface area contributed by atoms with Crippen molar-refractivity contribution in [1.82, 2.24) is 0 Å². The van der Waals surface area contributed by atoms with Crippen molar-refractivity contribution in [2.75, 3.05) is 0 Å². The Morgan fingerprint density at radius 3 is 2.20 bits per heavy atom. The summed E-state index contributed by atoms with van der Waals surface area (Å²) in [6.45, 7) is 2.23. The Kier molecular flexibility index (Phi) is 3.46. The fraction of sp³-hybridized carbons (Fsp3) is 0.333. The minimum Gasteiger partial charge on any atom is -0.392 e. The zero-order valence-electron chi connectivity index (χ0n) is 14.8. The van der Waals surface area contributed by atoms with Gasteiger partial charge in [-0.15, -0.1) is 0 Å². The van der Waals surface area contributed by atoms with Crippen LogP contribution in [0.5, 0.6) is 0 Å². The van der Waals surface area contributed by atoms with Gasteiger partial charge in [0, 0.05) is 5.92 Å². The predicted octanol–water partition coefficient (Wildman–Crippen LogP) is 6.16. The van der Waals surface area contributed by atoms with Gasteiger partial charge in [-0.25, -0.2) is 0 Å². The standard InChI is InChI=1S/C24H24O/c1-2-15-7-8-16-11-14-21-19(20-5-3-4-6-22(20)25)13-10-17-9-12-18(15)23(16)24(17)21/h7-14,20,22,25H,2-6H2,1H3. The average molecular weight is 328 g/mol. The second-order valence-electron chi connectivity index (χ2n) is 7.61. The number of rotatable bonds is 2. The summed E-state index contributed by atoms with van der Waals surface area (Å²) in [5.41, 5.74) is 2.76. The lowest BCUT2D eigenvalue weighted by Crippen LogP contribution is -2.22. The van der Waals surface area contributed by atoms with Crippen LogP contribution in [0, 0.1) is 0 Å². The van der Waals surface area contributed by atoms with Crippen molar-refractivity contribution in [3.63, 3.8) is 0 Å². The number of benzene rings is 4. The van der Waals surface area contributed by atoms with E-state index in [2.05, 4.69) is 55.5 Å². The van der Waals surface area contributed by atoms with Crippen LogP contribution in [0.3, 0.4) is 0 Å². The molecule has 1 nitrogen and oxygen atoms in total. The van der Waals surface area contributed by atoms with Gasteiger partial charge in [0.2, 0.25) is 0 Å². The van der Waals surface area contributed by atoms with Crippen molar-refractivity contribution in [3.05, 3.63) is 59.7 Å². The number of aliphatic hydroxyl groups excluding tert-OH is 1. The first-order valence-corrected chi connectivity index (χ1v) is 9.65. The summed E-state index contributed by atoms with van der Waals surface area (Å²) in [5, 5.41) is 18.8. The summed E-state index contributed by atoms with van der Waals surface area (Å²) in [6, 6.07) is 18.2. The third-order valence-electron chi connectivity index (χ3n) is 6.30. The topological polar surface area (TPSA) is 20.2 Å². The Balaban J connectivity index is 1.87. The molecule has 0 spiro atoms. The first-order valence-electron chi connectivity index (χ1n) is 9.65. The molecule has 25 heavy (non-hydrogen) atoms. The highest BCUT2D eigenvalue weighted by atomic mass is 16.3. The monoisotopic (exact) mass is 328 g/mol. The van der Waals surface area contributed by atoms with E-state index in [-0.39, 0.29) is 12.0 Å². The number of aryl methyl sites for hydroxylation is 1. The fourth-order valence-electron chi connectivity index (χ4n) is 4.99. The second-order valence-corrected chi connectivity index (χ2v) is 7.61. The van der Waals surface area contributed by atoms with Crippen LogP contribution in [0.1, 0.15) is 49.7 Å². The van der Waals surface area contributed by atoms with Crippen LogP contribution in [0.2, 0.25) is 0 Å². The first kappa shape index (κ1) is 15.2. The highest BCUT2D eigenvalue weighted by molar-refractivity contribution is 6.24. The molecule has 0 heterocycles. The Morgan fingerprint density at radius 2 is 1.44 bits per heavy atom. The molecule has 2 atom stereocenters. The average Bonchev–Trinajstić information content (AvgIpc) is 2.66. The lowest BCUT2D eigenvalue weighted by molar-refractivity contribution is 0.107. The summed E-state index contributed by atoms with van der Waals surface area (Å²) < 4.78 is 0. The van der Waals surface area contributed by atoms with Crippen LogP contribution in [-0.4, -0.2) is 11.2 Å². The molecule has 4 aromatic rings. The Bertz CT molecular complexity index is 1060. The van der Waals surface area contributed by atoms with Gasteiger partial charge in [0.1, 0.15) is 0 Å². The van der Waals surface area contributed by atoms with Gasteiger partial charge >= 0.3 is 0 Å². The maximum atomic E-state index is 10.6. The lowest BCUT2D eigenvalue weighted by Gasteiger charge is -2.29. The SMILES string of the molecule is CCc1ccc2ccc3c(C4CCCCC4O)ccc4ccc1c2c43. The molecule has 5 rings (SSSR count). The smallest absolute Gasteiger partial charge is 0.0608 e. The van der Waals surface area contributed by atoms with Crippen molar-refractivity contribution in [2.45, 2.75) is 51.0 Å². The Hall–Kier alpha value is -2.12. The van der Waals surface area contributed by atoms with Gasteiger partial charge in [-0.1, -0.05) is 68.3 Å². The Morgan fingerprint density at radius 1 is 0.800 bits per heavy atom. The van der Waals surface area contributed by atoms with Gasteiger partial charge < -0.3 is 5.11 Å². The molecule has 4 aromatic carbocycles. The van der Waals surface area contributed by atoms with Crippen LogP contribution in [0.15, 0.2) is 48.5 Å². The van der Waals surface area contributed by atoms with E-state index in [0.717, 1.165) is 25.7 Å². The van der Waals surface area contributed by atoms with E-state index in [1.807, 2.05) is 0 Å². The lowest BCUT2D eigenvalue weighted by atomic mass is 9.78. The van der Waals surface area contributed by atoms with Crippen LogP contribution >= 0.6 is 0 Å². The zero-order valence-corrected chi connectivity index (χ0v) is 14.8. The maximum Gasteiger partial charge on any atom is 0.0608 e. The summed E-state index contributed by atoms with van der Waals surface area (Å²) in [5.74, 6) is 0.281. The van der Waals surface area contributed by atoms with Gasteiger partial charge in [0.25, 0.3) is 0 Å². The molecule has 0 radical (unpaired) electrons. The van der Waals surface area contributed by atoms with E-state index >= 15 is 0 Å². The molecule has 0 saturated heterocycles. The van der Waals surface area contributed by atoms with Crippen LogP contribution in [-0.2, 0) is 6.42 Å². The molecular formula is C24H24O. The number of hydrogen-bond acceptors (Lipinski definition) is 1. The van der Waals surface area contributed by atoms with Gasteiger partial charge in [-0.3, -0.25) is 0 Å². The van der Waals surface area contributed by atoms with E-state index in [4.69, 9.17) is 0 Å². The molecule has 0 aromatic heterocycles. The van der Waals surface area contributed by atoms with Crippen molar-refractivity contribution >= 4 is 32.3 Å². The quantitative estimate of drug-likeness (QED) is 0.437. The van der Waals surface area contributed by atoms with Gasteiger partial charge in [-0.05, 0) is 62.7 Å². The van der Waals surface area contributed by atoms with E-state index in [9.17, 15) is 5.11 Å². The summed E-state index contributed by atoms with van der Waals surface area (Å²) in [7, 11) is 0.